The van der Waals surface area contributed by atoms with Gasteiger partial charge in [-0.3, -0.25) is 49.5 Å². The molecule has 3 atom stereocenters. The van der Waals surface area contributed by atoms with Crippen molar-refractivity contribution in [1.29, 1.82) is 0 Å². The van der Waals surface area contributed by atoms with Crippen molar-refractivity contribution in [1.82, 2.24) is 161 Å². The van der Waals surface area contributed by atoms with Crippen molar-refractivity contribution in [2.75, 3.05) is 33.8 Å². The molecule has 43 nitrogen and oxygen atoms in total. The predicted molar refractivity (Wildman–Crippen MR) is 547 cm³/mol. The Morgan fingerprint density at radius 3 is 1.26 bits per heavy atom. The Labute approximate surface area is 864 Å². The van der Waals surface area contributed by atoms with Gasteiger partial charge in [0.05, 0.1) is 109 Å². The topological polar surface area (TPSA) is 546 Å². The van der Waals surface area contributed by atoms with Crippen molar-refractivity contribution >= 4 is 46.9 Å². The first-order valence-corrected chi connectivity index (χ1v) is 49.3. The van der Waals surface area contributed by atoms with Crippen LogP contribution in [0.25, 0.3) is 23.3 Å². The number of H-pyrrole nitrogens is 4. The zero-order valence-electron chi connectivity index (χ0n) is 86.3. The Morgan fingerprint density at radius 1 is 0.403 bits per heavy atom. The summed E-state index contributed by atoms with van der Waals surface area (Å²) in [5, 5.41) is 84.1. The fraction of sp³-hybridized carbons (Fsp3) is 0.390. The van der Waals surface area contributed by atoms with Gasteiger partial charge in [-0.1, -0.05) is 29.8 Å². The van der Waals surface area contributed by atoms with Crippen molar-refractivity contribution in [3.63, 3.8) is 0 Å². The van der Waals surface area contributed by atoms with E-state index in [4.69, 9.17) is 40.5 Å². The Kier molecular flexibility index (Phi) is 30.8. The molecule has 4 aliphatic carbocycles. The number of methoxy groups -OCH3 is 4. The van der Waals surface area contributed by atoms with Crippen LogP contribution in [0.1, 0.15) is 244 Å². The summed E-state index contributed by atoms with van der Waals surface area (Å²) in [5.74, 6) is 4.58. The summed E-state index contributed by atoms with van der Waals surface area (Å²) in [4.78, 5) is 107. The molecule has 20 rings (SSSR count). The molecule has 16 aromatic heterocycles. The second kappa shape index (κ2) is 43.8. The molecule has 0 aromatic carbocycles. The van der Waals surface area contributed by atoms with E-state index in [1.54, 1.807) is 94.9 Å². The summed E-state index contributed by atoms with van der Waals surface area (Å²) in [6.07, 6.45) is 28.7. The highest BCUT2D eigenvalue weighted by atomic mass is 35.5. The Morgan fingerprint density at radius 2 is 0.832 bits per heavy atom. The Bertz CT molecular complexity index is 7210. The smallest absolute Gasteiger partial charge is 0.252 e. The summed E-state index contributed by atoms with van der Waals surface area (Å²) in [6.45, 7) is 27.4. The maximum atomic E-state index is 13.3. The summed E-state index contributed by atoms with van der Waals surface area (Å²) in [6, 6.07) is 26.0. The van der Waals surface area contributed by atoms with Crippen LogP contribution >= 0.6 is 11.6 Å². The van der Waals surface area contributed by atoms with Gasteiger partial charge in [0.2, 0.25) is 0 Å². The molecule has 0 unspecified atom stereocenters. The number of aliphatic hydroxyl groups is 2. The summed E-state index contributed by atoms with van der Waals surface area (Å²) < 4.78 is 29.5. The van der Waals surface area contributed by atoms with E-state index in [2.05, 4.69) is 138 Å². The van der Waals surface area contributed by atoms with Gasteiger partial charge in [-0.2, -0.15) is 40.8 Å². The number of aryl methyl sites for hydroxylation is 11. The fourth-order valence-electron chi connectivity index (χ4n) is 18.8. The molecule has 0 bridgehead atoms. The quantitative estimate of drug-likeness (QED) is 0.0186. The van der Waals surface area contributed by atoms with E-state index < -0.39 is 33.6 Å². The van der Waals surface area contributed by atoms with Gasteiger partial charge in [0, 0.05) is 174 Å². The van der Waals surface area contributed by atoms with E-state index in [0.717, 1.165) is 119 Å². The molecule has 0 aliphatic heterocycles. The number of aromatic nitrogens is 28. The number of amides is 4. The van der Waals surface area contributed by atoms with Crippen LogP contribution in [0.3, 0.4) is 0 Å². The lowest BCUT2D eigenvalue weighted by atomic mass is 9.64. The number of halogens is 1. The maximum absolute atomic E-state index is 13.3. The lowest BCUT2D eigenvalue weighted by Crippen LogP contribution is -2.64. The Balaban J connectivity index is 0.000000135. The summed E-state index contributed by atoms with van der Waals surface area (Å²) in [5.41, 5.74) is 12.8. The molecular weight excluding hydrogens is 1920 g/mol. The molecule has 774 valence electrons. The van der Waals surface area contributed by atoms with Gasteiger partial charge in [0.25, 0.3) is 23.6 Å². The lowest BCUT2D eigenvalue weighted by molar-refractivity contribution is -0.208. The third kappa shape index (κ3) is 24.0. The largest absolute Gasteiger partial charge is 0.383 e. The zero-order chi connectivity index (χ0) is 106. The molecule has 11 N–H and O–H groups in total. The number of carbonyl (C=O) groups excluding carboxylic acids is 4. The molecule has 4 amide bonds. The van der Waals surface area contributed by atoms with Crippen LogP contribution in [-0.2, 0) is 75.1 Å². The molecule has 4 saturated carbocycles. The minimum Gasteiger partial charge on any atom is -0.383 e. The van der Waals surface area contributed by atoms with Gasteiger partial charge in [0.1, 0.15) is 39.1 Å². The lowest BCUT2D eigenvalue weighted by Gasteiger charge is -2.50. The van der Waals surface area contributed by atoms with Crippen LogP contribution in [0.4, 0.5) is 11.6 Å². The number of pyridine rings is 4. The van der Waals surface area contributed by atoms with E-state index in [-0.39, 0.29) is 85.8 Å². The average molecular weight is 2040 g/mol. The summed E-state index contributed by atoms with van der Waals surface area (Å²) in [7, 11) is 6.11. The van der Waals surface area contributed by atoms with Gasteiger partial charge in [-0.25, -0.2) is 68.6 Å². The van der Waals surface area contributed by atoms with Crippen molar-refractivity contribution < 1.29 is 48.3 Å². The third-order valence-electron chi connectivity index (χ3n) is 27.2. The maximum Gasteiger partial charge on any atom is 0.252 e. The van der Waals surface area contributed by atoms with Crippen molar-refractivity contribution in [2.24, 2.45) is 0 Å². The SMILES string of the molecule is COC1(C(=O)NCc2cnc(-n3cc(C)cn3)cn2)CC(c2cc(C)nc(Cc3cc(C)[nH]n3)n2)C1.COC1(C(=O)N[C@@H](C)c2ccc(-n3cc(C)cn3)nc2)CC(O)(c2cc(C)cc(Cc3cc(C)[nH]n3)n2)C1.COC1(C(=O)N[C@@H](C)c2ccc(-n3cc(C)cn3)nc2)CC(O)(c2nc(C)cc(Cc3cc(C)[nH]n3)n2)C1.COC1(C(=O)N[C@@H](C)c2ccc(-n3cc(C)cn3)nc2)CC(c2ncc(Cl)c(Nc3cc(C)[nH]n3)n2)C1. The van der Waals surface area contributed by atoms with Gasteiger partial charge >= 0.3 is 0 Å². The number of hydrogen-bond donors (Lipinski definition) is 11. The van der Waals surface area contributed by atoms with Crippen LogP contribution < -0.4 is 26.6 Å². The molecule has 4 aliphatic rings. The molecule has 0 radical (unpaired) electrons. The molecular formula is C105H122ClN33O10. The van der Waals surface area contributed by atoms with E-state index in [9.17, 15) is 29.4 Å². The molecule has 0 saturated heterocycles. The van der Waals surface area contributed by atoms with Crippen molar-refractivity contribution in [3.8, 4) is 23.3 Å². The minimum atomic E-state index is -1.37. The van der Waals surface area contributed by atoms with Crippen LogP contribution in [0.15, 0.2) is 172 Å². The number of rotatable bonds is 32. The van der Waals surface area contributed by atoms with Gasteiger partial charge in [0.15, 0.2) is 51.9 Å². The van der Waals surface area contributed by atoms with E-state index in [1.165, 1.54) is 14.2 Å². The fourth-order valence-corrected chi connectivity index (χ4v) is 18.9. The number of anilines is 2. The number of nitrogens with one attached hydrogen (secondary N) is 9. The van der Waals surface area contributed by atoms with Crippen LogP contribution in [-0.4, -0.2) is 224 Å². The highest BCUT2D eigenvalue weighted by Crippen LogP contribution is 2.53. The van der Waals surface area contributed by atoms with Gasteiger partial charge < -0.3 is 55.7 Å². The number of nitrogens with zero attached hydrogens (tertiary/aromatic N) is 24. The first-order chi connectivity index (χ1) is 71.3. The first-order valence-electron chi connectivity index (χ1n) is 48.9. The Hall–Kier alpha value is -15.7. The number of aromatic amines is 4. The average Bonchev–Trinajstić information content (AvgIpc) is 1.54. The minimum absolute atomic E-state index is 0.0433. The molecule has 16 aromatic rings. The predicted octanol–water partition coefficient (Wildman–Crippen LogP) is 11.9. The molecule has 0 spiro atoms. The standard InChI is InChI=1S/C28H33N7O3.C27H32N8O3.C25H28ClN9O2.C25H29N9O2/c1-17-8-22(11-23-10-19(3)33-34-23)32-24(9-17)27(37)15-28(16-27,38-5)26(36)31-20(4)21-6-7-25(29-13-21)35-14-18(2)12-30-35;1-16-11-29-35(13-16)23-7-6-20(12-28-23)19(4)31-25(36)27(38-5)14-26(37,15-27)24-30-17(2)8-21(32-24)10-22-9-18(3)33-34-22;1-14-10-29-35(13-14)21-6-5-17(11-27-21)16(3)30-24(36)25(37-4)8-18(9-25)22-28-12-19(26)23(32-22)31-20-7-15(2)33-34-20;1-15-10-29-34(14-15)23-13-26-20(11-27-23)12-28-24(35)25(36-4)8-18(9-25)21-6-16(2)30-22(31-21)7-19-5-17(3)32-33-19/h6-10,12-14,20,37H,11,15-16H2,1-5H3,(H,31,36)(H,33,34);6-9,11-13,19,37H,10,14-15H2,1-5H3,(H,31,36)(H,33,34);5-7,10-13,16,18H,8-9H2,1-4H3,(H,30,36)(H2,28,31,32,33,34);5-6,10-11,13-14,18H,7-9,12H2,1-4H3,(H,28,35)(H,32,33)/t20-,27?,28?;19-,26?,27?;16-,18?,25?;/m000./s1. The zero-order valence-corrected chi connectivity index (χ0v) is 87.1. The highest BCUT2D eigenvalue weighted by molar-refractivity contribution is 6.32. The summed E-state index contributed by atoms with van der Waals surface area (Å²) >= 11 is 6.29. The van der Waals surface area contributed by atoms with Crippen LogP contribution in [0, 0.1) is 76.2 Å². The molecule has 4 fully saturated rings. The second-order valence-corrected chi connectivity index (χ2v) is 39.9. The molecule has 149 heavy (non-hydrogen) atoms. The molecule has 16 heterocycles. The van der Waals surface area contributed by atoms with Crippen LogP contribution in [0.2, 0.25) is 5.02 Å². The van der Waals surface area contributed by atoms with E-state index >= 15 is 0 Å². The highest BCUT2D eigenvalue weighted by Gasteiger charge is 2.63. The normalized spacial score (nSPS) is 20.6. The number of hydrogen-bond acceptors (Lipinski definition) is 31. The first kappa shape index (κ1) is 105. The van der Waals surface area contributed by atoms with Gasteiger partial charge in [-0.05, 0) is 228 Å². The third-order valence-corrected chi connectivity index (χ3v) is 27.5. The number of carbonyl (C=O) groups is 4. The van der Waals surface area contributed by atoms with Crippen molar-refractivity contribution in [3.05, 3.63) is 318 Å². The monoisotopic (exact) mass is 2040 g/mol. The van der Waals surface area contributed by atoms with Gasteiger partial charge in [-0.15, -0.1) is 0 Å². The number of ether oxygens (including phenoxy) is 4. The van der Waals surface area contributed by atoms with Crippen molar-refractivity contribution in [2.45, 2.75) is 238 Å². The van der Waals surface area contributed by atoms with Crippen LogP contribution in [0.5, 0.6) is 0 Å². The molecule has 44 heteroatoms. The van der Waals surface area contributed by atoms with E-state index in [1.807, 2.05) is 207 Å². The van der Waals surface area contributed by atoms with E-state index in [0.29, 0.717) is 108 Å². The second-order valence-electron chi connectivity index (χ2n) is 39.4.